The molecule has 0 radical (unpaired) electrons. The van der Waals surface area contributed by atoms with Crippen LogP contribution in [-0.2, 0) is 0 Å². The lowest BCUT2D eigenvalue weighted by atomic mass is 9.89. The van der Waals surface area contributed by atoms with Crippen LogP contribution in [-0.4, -0.2) is 19.9 Å². The summed E-state index contributed by atoms with van der Waals surface area (Å²) < 4.78 is 6.66. The lowest BCUT2D eigenvalue weighted by molar-refractivity contribution is 0.655. The number of furan rings is 1. The molecule has 0 aliphatic heterocycles. The Morgan fingerprint density at radius 2 is 1.00 bits per heavy atom. The van der Waals surface area contributed by atoms with Crippen molar-refractivity contribution >= 4 is 75.9 Å². The maximum absolute atomic E-state index is 6.66. The van der Waals surface area contributed by atoms with E-state index in [9.17, 15) is 0 Å². The Bertz CT molecular complexity index is 2930. The van der Waals surface area contributed by atoms with Crippen LogP contribution < -0.4 is 0 Å². The van der Waals surface area contributed by atoms with Gasteiger partial charge in [-0.25, -0.2) is 19.9 Å². The lowest BCUT2D eigenvalue weighted by Crippen LogP contribution is -2.01. The number of rotatable bonds is 3. The molecule has 5 heteroatoms. The van der Waals surface area contributed by atoms with Crippen molar-refractivity contribution in [1.82, 2.24) is 19.9 Å². The van der Waals surface area contributed by atoms with Crippen LogP contribution >= 0.6 is 0 Å². The average molecular weight is 599 g/mol. The van der Waals surface area contributed by atoms with Crippen molar-refractivity contribution in [2.24, 2.45) is 0 Å². The maximum atomic E-state index is 6.66. The maximum Gasteiger partial charge on any atom is 0.227 e. The predicted molar refractivity (Wildman–Crippen MR) is 191 cm³/mol. The minimum Gasteiger partial charge on any atom is -0.437 e. The molecule has 0 spiro atoms. The first kappa shape index (κ1) is 24.8. The van der Waals surface area contributed by atoms with Crippen LogP contribution in [0, 0.1) is 0 Å². The summed E-state index contributed by atoms with van der Waals surface area (Å²) in [5.41, 5.74) is 4.04. The summed E-state index contributed by atoms with van der Waals surface area (Å²) in [6.45, 7) is 0. The van der Waals surface area contributed by atoms with Gasteiger partial charge in [0.05, 0.1) is 10.9 Å². The zero-order chi connectivity index (χ0) is 30.6. The fourth-order valence-electron chi connectivity index (χ4n) is 7.48. The lowest BCUT2D eigenvalue weighted by Gasteiger charge is -2.14. The molecule has 47 heavy (non-hydrogen) atoms. The van der Waals surface area contributed by atoms with Crippen LogP contribution in [0.3, 0.4) is 0 Å². The van der Waals surface area contributed by atoms with Gasteiger partial charge in [-0.05, 0) is 72.7 Å². The van der Waals surface area contributed by atoms with E-state index in [1.54, 1.807) is 0 Å². The van der Waals surface area contributed by atoms with E-state index in [1.165, 1.54) is 32.3 Å². The highest BCUT2D eigenvalue weighted by atomic mass is 16.3. The summed E-state index contributed by atoms with van der Waals surface area (Å²) in [7, 11) is 0. The summed E-state index contributed by atoms with van der Waals surface area (Å²) >= 11 is 0. The molecule has 3 aromatic heterocycles. The van der Waals surface area contributed by atoms with Crippen molar-refractivity contribution in [3.8, 4) is 34.2 Å². The molecule has 0 N–H and O–H groups in total. The van der Waals surface area contributed by atoms with Crippen molar-refractivity contribution in [2.45, 2.75) is 0 Å². The van der Waals surface area contributed by atoms with Gasteiger partial charge in [0.1, 0.15) is 5.58 Å². The Hall–Kier alpha value is -6.46. The number of aromatic nitrogens is 4. The predicted octanol–water partition coefficient (Wildman–Crippen LogP) is 10.8. The molecular formula is C42H22N4O. The highest BCUT2D eigenvalue weighted by Gasteiger charge is 2.25. The van der Waals surface area contributed by atoms with Gasteiger partial charge >= 0.3 is 0 Å². The third kappa shape index (κ3) is 3.48. The SMILES string of the molecule is c1ccc2cc(-c3nc(-c4ccc5ccccc5c4)nc(-c4cc5ccc6cccc7c8ccnc9oc4c(c98)c5c67)n3)ccc2c1. The highest BCUT2D eigenvalue weighted by molar-refractivity contribution is 6.40. The molecule has 5 nitrogen and oxygen atoms in total. The molecule has 0 aliphatic carbocycles. The van der Waals surface area contributed by atoms with Gasteiger partial charge in [0.25, 0.3) is 0 Å². The van der Waals surface area contributed by atoms with Crippen molar-refractivity contribution < 1.29 is 4.42 Å². The second-order valence-corrected chi connectivity index (χ2v) is 12.3. The van der Waals surface area contributed by atoms with Crippen LogP contribution in [0.5, 0.6) is 0 Å². The van der Waals surface area contributed by atoms with E-state index in [1.807, 2.05) is 6.20 Å². The molecule has 0 bridgehead atoms. The largest absolute Gasteiger partial charge is 0.437 e. The number of nitrogens with zero attached hydrogens (tertiary/aromatic N) is 4. The summed E-state index contributed by atoms with van der Waals surface area (Å²) in [5.74, 6) is 1.78. The molecule has 0 saturated carbocycles. The van der Waals surface area contributed by atoms with Gasteiger partial charge in [0, 0.05) is 28.1 Å². The van der Waals surface area contributed by atoms with Gasteiger partial charge in [-0.1, -0.05) is 103 Å². The Morgan fingerprint density at radius 3 is 1.72 bits per heavy atom. The molecule has 0 atom stereocenters. The third-order valence-electron chi connectivity index (χ3n) is 9.65. The summed E-state index contributed by atoms with van der Waals surface area (Å²) in [4.78, 5) is 20.1. The molecule has 0 saturated heterocycles. The Morgan fingerprint density at radius 1 is 0.404 bits per heavy atom. The van der Waals surface area contributed by atoms with E-state index in [0.717, 1.165) is 54.6 Å². The number of benzene rings is 8. The van der Waals surface area contributed by atoms with E-state index < -0.39 is 0 Å². The zero-order valence-corrected chi connectivity index (χ0v) is 24.9. The second kappa shape index (κ2) is 9.05. The van der Waals surface area contributed by atoms with Crippen molar-refractivity contribution in [2.75, 3.05) is 0 Å². The first-order valence-corrected chi connectivity index (χ1v) is 15.7. The van der Waals surface area contributed by atoms with Crippen LogP contribution in [0.2, 0.25) is 0 Å². The van der Waals surface area contributed by atoms with Crippen molar-refractivity contribution in [3.05, 3.63) is 134 Å². The first-order valence-electron chi connectivity index (χ1n) is 15.7. The Balaban J connectivity index is 1.24. The number of hydrogen-bond donors (Lipinski definition) is 0. The quantitative estimate of drug-likeness (QED) is 0.150. The van der Waals surface area contributed by atoms with Crippen LogP contribution in [0.25, 0.3) is 110 Å². The first-order chi connectivity index (χ1) is 23.3. The number of fused-ring (bicyclic) bond motifs is 3. The molecule has 0 fully saturated rings. The van der Waals surface area contributed by atoms with Gasteiger partial charge in [-0.3, -0.25) is 0 Å². The van der Waals surface area contributed by atoms with E-state index in [2.05, 4.69) is 132 Å². The minimum absolute atomic E-state index is 0.563. The fraction of sp³-hybridized carbons (Fsp3) is 0. The van der Waals surface area contributed by atoms with Crippen molar-refractivity contribution in [1.29, 1.82) is 0 Å². The summed E-state index contributed by atoms with van der Waals surface area (Å²) in [6, 6.07) is 44.6. The summed E-state index contributed by atoms with van der Waals surface area (Å²) in [5, 5.41) is 13.8. The smallest absolute Gasteiger partial charge is 0.227 e. The molecule has 3 heterocycles. The van der Waals surface area contributed by atoms with Gasteiger partial charge in [0.15, 0.2) is 17.5 Å². The second-order valence-electron chi connectivity index (χ2n) is 12.3. The molecule has 11 rings (SSSR count). The van der Waals surface area contributed by atoms with Crippen LogP contribution in [0.4, 0.5) is 0 Å². The molecule has 216 valence electrons. The third-order valence-corrected chi connectivity index (χ3v) is 9.65. The number of hydrogen-bond acceptors (Lipinski definition) is 5. The average Bonchev–Trinajstić information content (AvgIpc) is 3.53. The topological polar surface area (TPSA) is 64.7 Å². The van der Waals surface area contributed by atoms with E-state index in [0.29, 0.717) is 23.2 Å². The molecule has 0 amide bonds. The van der Waals surface area contributed by atoms with Crippen LogP contribution in [0.1, 0.15) is 0 Å². The number of pyridine rings is 1. The van der Waals surface area contributed by atoms with Crippen LogP contribution in [0.15, 0.2) is 138 Å². The van der Waals surface area contributed by atoms with E-state index >= 15 is 0 Å². The normalized spacial score (nSPS) is 12.3. The van der Waals surface area contributed by atoms with Gasteiger partial charge < -0.3 is 4.42 Å². The van der Waals surface area contributed by atoms with Gasteiger partial charge in [0.2, 0.25) is 5.71 Å². The molecule has 11 aromatic rings. The minimum atomic E-state index is 0.563. The molecule has 0 aliphatic rings. The van der Waals surface area contributed by atoms with E-state index in [-0.39, 0.29) is 0 Å². The standard InChI is InChI=1S/C42H22N4O/c1-3-8-26-20-29(16-12-23(26)6-1)39-44-40(30-17-13-24-7-2-4-9-27(24)21-30)46-41(45-39)33-22-28-15-14-25-10-5-11-31-32-18-19-43-42-36(32)37(38(33)47-42)35(28)34(25)31/h1-22H. The van der Waals surface area contributed by atoms with Crippen molar-refractivity contribution in [3.63, 3.8) is 0 Å². The van der Waals surface area contributed by atoms with E-state index in [4.69, 9.17) is 19.4 Å². The van der Waals surface area contributed by atoms with Gasteiger partial charge in [-0.15, -0.1) is 0 Å². The summed E-state index contributed by atoms with van der Waals surface area (Å²) in [6.07, 6.45) is 1.84. The molecule has 0 unspecified atom stereocenters. The fourth-order valence-corrected chi connectivity index (χ4v) is 7.48. The van der Waals surface area contributed by atoms with Gasteiger partial charge in [-0.2, -0.15) is 0 Å². The monoisotopic (exact) mass is 598 g/mol. The Kier molecular flexibility index (Phi) is 4.78. The Labute approximate surface area is 267 Å². The highest BCUT2D eigenvalue weighted by Crippen LogP contribution is 2.48. The molecule has 8 aromatic carbocycles. The molecular weight excluding hydrogens is 576 g/mol. The zero-order valence-electron chi connectivity index (χ0n) is 24.9.